The number of benzene rings is 2. The van der Waals surface area contributed by atoms with Gasteiger partial charge in [-0.15, -0.1) is 0 Å². The highest BCUT2D eigenvalue weighted by Crippen LogP contribution is 2.21. The number of nitrogens with zero attached hydrogens (tertiary/aromatic N) is 2. The summed E-state index contributed by atoms with van der Waals surface area (Å²) in [4.78, 5) is 24.3. The highest BCUT2D eigenvalue weighted by molar-refractivity contribution is 5.93. The van der Waals surface area contributed by atoms with Gasteiger partial charge in [0.15, 0.2) is 0 Å². The van der Waals surface area contributed by atoms with Gasteiger partial charge in [0.1, 0.15) is 5.75 Å². The van der Waals surface area contributed by atoms with Crippen LogP contribution in [0.5, 0.6) is 5.75 Å². The number of hydrogen-bond acceptors (Lipinski definition) is 3. The number of rotatable bonds is 6. The molecule has 1 N–H and O–H groups in total. The van der Waals surface area contributed by atoms with Crippen LogP contribution < -0.4 is 15.7 Å². The summed E-state index contributed by atoms with van der Waals surface area (Å²) in [5.74, 6) is 0.750. The van der Waals surface area contributed by atoms with Gasteiger partial charge >= 0.3 is 5.69 Å². The fourth-order valence-corrected chi connectivity index (χ4v) is 3.06. The SMILES string of the molecule is CCOc1ccccc1CCC(=O)Nc1ccc2c(c1)n(C)c(=O)n2C. The molecule has 0 fully saturated rings. The fourth-order valence-electron chi connectivity index (χ4n) is 3.06. The maximum atomic E-state index is 12.3. The Balaban J connectivity index is 1.70. The van der Waals surface area contributed by atoms with Crippen molar-refractivity contribution in [3.05, 3.63) is 58.5 Å². The highest BCUT2D eigenvalue weighted by atomic mass is 16.5. The van der Waals surface area contributed by atoms with Crippen LogP contribution in [-0.4, -0.2) is 21.6 Å². The lowest BCUT2D eigenvalue weighted by Gasteiger charge is -2.10. The highest BCUT2D eigenvalue weighted by Gasteiger charge is 2.10. The van der Waals surface area contributed by atoms with Crippen molar-refractivity contribution in [3.8, 4) is 5.75 Å². The Morgan fingerprint density at radius 1 is 1.08 bits per heavy atom. The number of imidazole rings is 1. The molecule has 6 nitrogen and oxygen atoms in total. The van der Waals surface area contributed by atoms with Crippen LogP contribution in [0, 0.1) is 0 Å². The summed E-state index contributed by atoms with van der Waals surface area (Å²) in [5.41, 5.74) is 3.24. The van der Waals surface area contributed by atoms with Gasteiger partial charge in [-0.25, -0.2) is 4.79 Å². The molecule has 6 heteroatoms. The number of aryl methyl sites for hydroxylation is 3. The molecule has 3 rings (SSSR count). The molecule has 0 bridgehead atoms. The molecule has 0 atom stereocenters. The summed E-state index contributed by atoms with van der Waals surface area (Å²) >= 11 is 0. The second-order valence-electron chi connectivity index (χ2n) is 6.19. The number of anilines is 1. The van der Waals surface area contributed by atoms with E-state index in [1.165, 1.54) is 0 Å². The van der Waals surface area contributed by atoms with Crippen molar-refractivity contribution in [1.29, 1.82) is 0 Å². The molecule has 1 heterocycles. The van der Waals surface area contributed by atoms with E-state index < -0.39 is 0 Å². The molecule has 2 aromatic carbocycles. The Morgan fingerprint density at radius 2 is 1.81 bits per heavy atom. The van der Waals surface area contributed by atoms with E-state index in [-0.39, 0.29) is 11.6 Å². The summed E-state index contributed by atoms with van der Waals surface area (Å²) < 4.78 is 8.76. The number of para-hydroxylation sites is 1. The van der Waals surface area contributed by atoms with Crippen molar-refractivity contribution in [2.45, 2.75) is 19.8 Å². The normalized spacial score (nSPS) is 10.9. The van der Waals surface area contributed by atoms with Gasteiger partial charge in [0.05, 0.1) is 17.6 Å². The third-order valence-corrected chi connectivity index (χ3v) is 4.45. The number of nitrogens with one attached hydrogen (secondary N) is 1. The number of hydrogen-bond donors (Lipinski definition) is 1. The Kier molecular flexibility index (Phi) is 5.11. The van der Waals surface area contributed by atoms with Crippen molar-refractivity contribution in [3.63, 3.8) is 0 Å². The van der Waals surface area contributed by atoms with Crippen molar-refractivity contribution < 1.29 is 9.53 Å². The molecule has 0 saturated heterocycles. The third-order valence-electron chi connectivity index (χ3n) is 4.45. The van der Waals surface area contributed by atoms with E-state index in [1.54, 1.807) is 23.2 Å². The maximum absolute atomic E-state index is 12.3. The lowest BCUT2D eigenvalue weighted by molar-refractivity contribution is -0.116. The largest absolute Gasteiger partial charge is 0.494 e. The van der Waals surface area contributed by atoms with E-state index in [1.807, 2.05) is 49.4 Å². The average Bonchev–Trinajstić information content (AvgIpc) is 2.85. The number of carbonyl (C=O) groups is 1. The Hall–Kier alpha value is -3.02. The molecule has 0 radical (unpaired) electrons. The topological polar surface area (TPSA) is 65.3 Å². The van der Waals surface area contributed by atoms with Gasteiger partial charge in [-0.3, -0.25) is 13.9 Å². The van der Waals surface area contributed by atoms with Crippen LogP contribution in [0.25, 0.3) is 11.0 Å². The monoisotopic (exact) mass is 353 g/mol. The number of fused-ring (bicyclic) bond motifs is 1. The minimum absolute atomic E-state index is 0.0726. The molecule has 3 aromatic rings. The van der Waals surface area contributed by atoms with Gasteiger partial charge in [0.2, 0.25) is 5.91 Å². The number of aromatic nitrogens is 2. The zero-order valence-electron chi connectivity index (χ0n) is 15.3. The number of amides is 1. The van der Waals surface area contributed by atoms with E-state index in [0.717, 1.165) is 22.3 Å². The van der Waals surface area contributed by atoms with Gasteiger partial charge in [0.25, 0.3) is 0 Å². The minimum atomic E-state index is -0.0870. The van der Waals surface area contributed by atoms with E-state index in [9.17, 15) is 9.59 Å². The first-order valence-electron chi connectivity index (χ1n) is 8.67. The molecule has 0 unspecified atom stereocenters. The van der Waals surface area contributed by atoms with Crippen molar-refractivity contribution in [2.24, 2.45) is 14.1 Å². The molecular weight excluding hydrogens is 330 g/mol. The molecular formula is C20H23N3O3. The molecule has 1 aromatic heterocycles. The maximum Gasteiger partial charge on any atom is 0.328 e. The molecule has 136 valence electrons. The summed E-state index contributed by atoms with van der Waals surface area (Å²) in [7, 11) is 3.46. The summed E-state index contributed by atoms with van der Waals surface area (Å²) in [6, 6.07) is 13.2. The first-order valence-corrected chi connectivity index (χ1v) is 8.67. The summed E-state index contributed by atoms with van der Waals surface area (Å²) in [5, 5.41) is 2.91. The predicted molar refractivity (Wildman–Crippen MR) is 103 cm³/mol. The van der Waals surface area contributed by atoms with Crippen LogP contribution in [0.1, 0.15) is 18.9 Å². The van der Waals surface area contributed by atoms with Gasteiger partial charge in [-0.05, 0) is 43.2 Å². The zero-order valence-corrected chi connectivity index (χ0v) is 15.3. The zero-order chi connectivity index (χ0) is 18.7. The third kappa shape index (κ3) is 3.49. The van der Waals surface area contributed by atoms with Crippen LogP contribution in [-0.2, 0) is 25.3 Å². The molecule has 0 saturated carbocycles. The fraction of sp³-hybridized carbons (Fsp3) is 0.300. The van der Waals surface area contributed by atoms with Crippen LogP contribution in [0.15, 0.2) is 47.3 Å². The van der Waals surface area contributed by atoms with E-state index in [2.05, 4.69) is 5.32 Å². The molecule has 0 spiro atoms. The number of carbonyl (C=O) groups excluding carboxylic acids is 1. The smallest absolute Gasteiger partial charge is 0.328 e. The van der Waals surface area contributed by atoms with E-state index >= 15 is 0 Å². The van der Waals surface area contributed by atoms with E-state index in [4.69, 9.17) is 4.74 Å². The second-order valence-corrected chi connectivity index (χ2v) is 6.19. The second kappa shape index (κ2) is 7.47. The van der Waals surface area contributed by atoms with Crippen LogP contribution in [0.3, 0.4) is 0 Å². The molecule has 0 aliphatic rings. The van der Waals surface area contributed by atoms with Crippen LogP contribution >= 0.6 is 0 Å². The van der Waals surface area contributed by atoms with Gasteiger partial charge in [-0.2, -0.15) is 0 Å². The lowest BCUT2D eigenvalue weighted by Crippen LogP contribution is -2.19. The summed E-state index contributed by atoms with van der Waals surface area (Å²) in [6.07, 6.45) is 0.962. The summed E-state index contributed by atoms with van der Waals surface area (Å²) in [6.45, 7) is 2.54. The standard InChI is InChI=1S/C20H23N3O3/c1-4-26-18-8-6-5-7-14(18)9-12-19(24)21-15-10-11-16-17(13-15)23(3)20(25)22(16)2/h5-8,10-11,13H,4,9,12H2,1-3H3,(H,21,24). The minimum Gasteiger partial charge on any atom is -0.494 e. The molecule has 1 amide bonds. The number of ether oxygens (including phenoxy) is 1. The van der Waals surface area contributed by atoms with Gasteiger partial charge < -0.3 is 10.1 Å². The van der Waals surface area contributed by atoms with Gasteiger partial charge in [-0.1, -0.05) is 18.2 Å². The Labute approximate surface area is 152 Å². The van der Waals surface area contributed by atoms with Crippen LogP contribution in [0.2, 0.25) is 0 Å². The van der Waals surface area contributed by atoms with Crippen molar-refractivity contribution in [2.75, 3.05) is 11.9 Å². The Bertz CT molecular complexity index is 1000. The van der Waals surface area contributed by atoms with Crippen molar-refractivity contribution >= 4 is 22.6 Å². The molecule has 0 aliphatic heterocycles. The molecule has 26 heavy (non-hydrogen) atoms. The van der Waals surface area contributed by atoms with Crippen molar-refractivity contribution in [1.82, 2.24) is 9.13 Å². The first kappa shape index (κ1) is 17.8. The Morgan fingerprint density at radius 3 is 2.58 bits per heavy atom. The predicted octanol–water partition coefficient (Wildman–Crippen LogP) is 2.85. The average molecular weight is 353 g/mol. The van der Waals surface area contributed by atoms with Gasteiger partial charge in [0, 0.05) is 26.2 Å². The lowest BCUT2D eigenvalue weighted by atomic mass is 10.1. The first-order chi connectivity index (χ1) is 12.5. The molecule has 0 aliphatic carbocycles. The van der Waals surface area contributed by atoms with Crippen LogP contribution in [0.4, 0.5) is 5.69 Å². The quantitative estimate of drug-likeness (QED) is 0.741. The van der Waals surface area contributed by atoms with E-state index in [0.29, 0.717) is 25.1 Å².